The van der Waals surface area contributed by atoms with Crippen molar-refractivity contribution in [2.45, 2.75) is 58.3 Å². The summed E-state index contributed by atoms with van der Waals surface area (Å²) in [7, 11) is 3.31. The number of likely N-dealkylation sites (N-methyl/N-ethyl adjacent to an activating group) is 1. The Hall–Kier alpha value is -2.92. The summed E-state index contributed by atoms with van der Waals surface area (Å²) in [5.41, 5.74) is 1.37. The maximum Gasteiger partial charge on any atom is 0.453 e. The van der Waals surface area contributed by atoms with Gasteiger partial charge in [0.25, 0.3) is 5.82 Å². The molecule has 2 aromatic heterocycles. The zero-order chi connectivity index (χ0) is 23.4. The molecule has 2 aliphatic rings. The van der Waals surface area contributed by atoms with Gasteiger partial charge in [-0.2, -0.15) is 18.2 Å². The van der Waals surface area contributed by atoms with Gasteiger partial charge in [-0.3, -0.25) is 4.79 Å². The van der Waals surface area contributed by atoms with E-state index in [-0.39, 0.29) is 29.9 Å². The minimum absolute atomic E-state index is 0.0231. The van der Waals surface area contributed by atoms with Gasteiger partial charge in [0.1, 0.15) is 17.6 Å². The Morgan fingerprint density at radius 2 is 1.88 bits per heavy atom. The third kappa shape index (κ3) is 4.09. The molecule has 1 amide bonds. The molecule has 9 nitrogen and oxygen atoms in total. The number of carbonyl (C=O) groups excluding carboxylic acids is 1. The molecule has 12 heteroatoms. The lowest BCUT2D eigenvalue weighted by Gasteiger charge is -2.38. The summed E-state index contributed by atoms with van der Waals surface area (Å²) in [6, 6.07) is -0.273. The highest BCUT2D eigenvalue weighted by Crippen LogP contribution is 2.36. The van der Waals surface area contributed by atoms with Crippen LogP contribution in [-0.4, -0.2) is 49.8 Å². The quantitative estimate of drug-likeness (QED) is 0.719. The van der Waals surface area contributed by atoms with Gasteiger partial charge in [0.05, 0.1) is 5.69 Å². The Morgan fingerprint density at radius 1 is 1.19 bits per heavy atom. The summed E-state index contributed by atoms with van der Waals surface area (Å²) in [5.74, 6) is 0.769. The van der Waals surface area contributed by atoms with E-state index >= 15 is 0 Å². The molecular formula is C20H27F3N8O. The molecule has 0 radical (unpaired) electrons. The summed E-state index contributed by atoms with van der Waals surface area (Å²) >= 11 is 0. The van der Waals surface area contributed by atoms with E-state index in [4.69, 9.17) is 4.98 Å². The number of carbonyl (C=O) groups is 1. The molecule has 1 saturated carbocycles. The molecule has 0 aromatic carbocycles. The number of hydrogen-bond acceptors (Lipinski definition) is 7. The molecule has 0 saturated heterocycles. The first-order chi connectivity index (χ1) is 14.9. The molecule has 32 heavy (non-hydrogen) atoms. The Bertz CT molecular complexity index is 1030. The molecule has 2 aromatic rings. The summed E-state index contributed by atoms with van der Waals surface area (Å²) in [4.78, 5) is 27.2. The zero-order valence-corrected chi connectivity index (χ0v) is 18.7. The lowest BCUT2D eigenvalue weighted by molar-refractivity contribution is -0.144. The van der Waals surface area contributed by atoms with Crippen LogP contribution in [0.4, 0.5) is 30.6 Å². The molecule has 174 valence electrons. The topological polar surface area (TPSA) is 101 Å². The van der Waals surface area contributed by atoms with Crippen LogP contribution >= 0.6 is 0 Å². The van der Waals surface area contributed by atoms with Gasteiger partial charge in [0.2, 0.25) is 11.9 Å². The van der Waals surface area contributed by atoms with Gasteiger partial charge in [0.15, 0.2) is 5.82 Å². The van der Waals surface area contributed by atoms with E-state index in [2.05, 4.69) is 25.7 Å². The monoisotopic (exact) mass is 452 g/mol. The molecule has 3 heterocycles. The number of amides is 1. The molecule has 4 rings (SSSR count). The SMILES string of the molecule is Cc1nc(CC2CC(Nc3nc(C(F)(F)F)nn3C)C2)nc2c1NC(=O)[C@H](C(C)C)N2C. The van der Waals surface area contributed by atoms with E-state index < -0.39 is 12.0 Å². The van der Waals surface area contributed by atoms with E-state index in [1.807, 2.05) is 32.7 Å². The molecule has 0 bridgehead atoms. The van der Waals surface area contributed by atoms with Crippen LogP contribution in [0.3, 0.4) is 0 Å². The number of anilines is 3. The van der Waals surface area contributed by atoms with Crippen LogP contribution in [0.25, 0.3) is 0 Å². The van der Waals surface area contributed by atoms with Crippen molar-refractivity contribution in [1.29, 1.82) is 0 Å². The number of nitrogens with one attached hydrogen (secondary N) is 2. The largest absolute Gasteiger partial charge is 0.453 e. The maximum absolute atomic E-state index is 12.8. The predicted octanol–water partition coefficient (Wildman–Crippen LogP) is 2.78. The molecule has 1 aliphatic carbocycles. The molecule has 1 aliphatic heterocycles. The highest BCUT2D eigenvalue weighted by Gasteiger charge is 2.39. The fourth-order valence-corrected chi connectivity index (χ4v) is 4.45. The fraction of sp³-hybridized carbons (Fsp3) is 0.650. The van der Waals surface area contributed by atoms with Gasteiger partial charge in [-0.1, -0.05) is 13.8 Å². The predicted molar refractivity (Wildman–Crippen MR) is 112 cm³/mol. The summed E-state index contributed by atoms with van der Waals surface area (Å²) in [6.45, 7) is 5.85. The van der Waals surface area contributed by atoms with Crippen LogP contribution in [0.15, 0.2) is 0 Å². The average Bonchev–Trinajstić information content (AvgIpc) is 3.02. The summed E-state index contributed by atoms with van der Waals surface area (Å²) in [5, 5.41) is 9.40. The number of fused-ring (bicyclic) bond motifs is 1. The summed E-state index contributed by atoms with van der Waals surface area (Å²) < 4.78 is 39.5. The normalized spacial score (nSPS) is 23.1. The van der Waals surface area contributed by atoms with E-state index in [1.165, 1.54) is 7.05 Å². The van der Waals surface area contributed by atoms with Crippen molar-refractivity contribution in [2.24, 2.45) is 18.9 Å². The van der Waals surface area contributed by atoms with Crippen molar-refractivity contribution < 1.29 is 18.0 Å². The third-order valence-electron chi connectivity index (χ3n) is 6.07. The van der Waals surface area contributed by atoms with Gasteiger partial charge in [-0.15, -0.1) is 5.10 Å². The van der Waals surface area contributed by atoms with Crippen molar-refractivity contribution in [2.75, 3.05) is 22.6 Å². The molecule has 2 N–H and O–H groups in total. The standard InChI is InChI=1S/C20H27F3N8O/c1-9(2)15-17(32)27-14-10(3)24-13(26-16(14)30(15)4)8-11-6-12(7-11)25-19-28-18(20(21,22)23)29-31(19)5/h9,11-12,15H,6-8H2,1-5H3,(H,27,32)(H,25,28,29)/t11?,12?,15-/m0/s1. The van der Waals surface area contributed by atoms with Crippen molar-refractivity contribution in [3.63, 3.8) is 0 Å². The van der Waals surface area contributed by atoms with Crippen LogP contribution in [0.2, 0.25) is 0 Å². The first-order valence-corrected chi connectivity index (χ1v) is 10.6. The Kier molecular flexibility index (Phi) is 5.49. The van der Waals surface area contributed by atoms with Gasteiger partial charge in [-0.25, -0.2) is 14.6 Å². The summed E-state index contributed by atoms with van der Waals surface area (Å²) in [6.07, 6.45) is -2.36. The second kappa shape index (κ2) is 7.89. The van der Waals surface area contributed by atoms with Crippen LogP contribution in [0.5, 0.6) is 0 Å². The smallest absolute Gasteiger partial charge is 0.352 e. The highest BCUT2D eigenvalue weighted by molar-refractivity contribution is 6.03. The van der Waals surface area contributed by atoms with Crippen LogP contribution < -0.4 is 15.5 Å². The third-order valence-corrected chi connectivity index (χ3v) is 6.07. The van der Waals surface area contributed by atoms with Crippen LogP contribution in [0.1, 0.15) is 44.0 Å². The van der Waals surface area contributed by atoms with Crippen molar-refractivity contribution >= 4 is 23.4 Å². The van der Waals surface area contributed by atoms with E-state index in [0.29, 0.717) is 23.9 Å². The van der Waals surface area contributed by atoms with E-state index in [9.17, 15) is 18.0 Å². The van der Waals surface area contributed by atoms with Crippen molar-refractivity contribution in [1.82, 2.24) is 24.7 Å². The molecular weight excluding hydrogens is 425 g/mol. The Morgan fingerprint density at radius 3 is 2.47 bits per heavy atom. The second-order valence-corrected chi connectivity index (χ2v) is 8.98. The number of rotatable bonds is 5. The Balaban J connectivity index is 1.40. The molecule has 0 unspecified atom stereocenters. The zero-order valence-electron chi connectivity index (χ0n) is 18.7. The van der Waals surface area contributed by atoms with Gasteiger partial charge >= 0.3 is 6.18 Å². The maximum atomic E-state index is 12.8. The van der Waals surface area contributed by atoms with Gasteiger partial charge in [-0.05, 0) is 31.6 Å². The number of aryl methyl sites for hydroxylation is 2. The van der Waals surface area contributed by atoms with Crippen LogP contribution in [-0.2, 0) is 24.4 Å². The number of halogens is 3. The average molecular weight is 452 g/mol. The molecule has 1 atom stereocenters. The second-order valence-electron chi connectivity index (χ2n) is 8.98. The lowest BCUT2D eigenvalue weighted by atomic mass is 9.78. The van der Waals surface area contributed by atoms with Crippen molar-refractivity contribution in [3.05, 3.63) is 17.3 Å². The highest BCUT2D eigenvalue weighted by atomic mass is 19.4. The van der Waals surface area contributed by atoms with Crippen molar-refractivity contribution in [3.8, 4) is 0 Å². The van der Waals surface area contributed by atoms with Gasteiger partial charge < -0.3 is 15.5 Å². The van der Waals surface area contributed by atoms with Gasteiger partial charge in [0, 0.05) is 26.6 Å². The van der Waals surface area contributed by atoms with E-state index in [1.54, 1.807) is 0 Å². The Labute approximate surface area is 183 Å². The fourth-order valence-electron chi connectivity index (χ4n) is 4.45. The van der Waals surface area contributed by atoms with Crippen LogP contribution in [0, 0.1) is 18.8 Å². The lowest BCUT2D eigenvalue weighted by Crippen LogP contribution is -2.50. The van der Waals surface area contributed by atoms with E-state index in [0.717, 1.165) is 29.0 Å². The number of hydrogen-bond donors (Lipinski definition) is 2. The number of aromatic nitrogens is 5. The molecule has 0 spiro atoms. The first kappa shape index (κ1) is 22.3. The molecule has 1 fully saturated rings. The number of alkyl halides is 3. The minimum Gasteiger partial charge on any atom is -0.352 e. The first-order valence-electron chi connectivity index (χ1n) is 10.6. The minimum atomic E-state index is -4.57. The number of nitrogens with zero attached hydrogens (tertiary/aromatic N) is 6.